The first-order chi connectivity index (χ1) is 6.66. The molecule has 6 nitrogen and oxygen atoms in total. The summed E-state index contributed by atoms with van der Waals surface area (Å²) >= 11 is 0. The molecule has 0 radical (unpaired) electrons. The summed E-state index contributed by atoms with van der Waals surface area (Å²) in [6.45, 7) is 2.01. The molecule has 1 aliphatic carbocycles. The van der Waals surface area contributed by atoms with E-state index < -0.39 is 0 Å². The fraction of sp³-hybridized carbons (Fsp3) is 0.625. The zero-order valence-corrected chi connectivity index (χ0v) is 7.86. The summed E-state index contributed by atoms with van der Waals surface area (Å²) in [5.41, 5.74) is 5.53. The molecule has 1 aliphatic rings. The number of aryl methyl sites for hydroxylation is 1. The molecule has 0 aliphatic heterocycles. The fourth-order valence-corrected chi connectivity index (χ4v) is 1.22. The maximum atomic E-state index is 11.3. The van der Waals surface area contributed by atoms with E-state index in [-0.39, 0.29) is 24.4 Å². The molecule has 1 saturated carbocycles. The smallest absolute Gasteiger partial charge is 0.246 e. The summed E-state index contributed by atoms with van der Waals surface area (Å²) in [5.74, 6) is 0.926. The third-order valence-electron chi connectivity index (χ3n) is 2.16. The van der Waals surface area contributed by atoms with Gasteiger partial charge in [-0.3, -0.25) is 4.79 Å². The van der Waals surface area contributed by atoms with Crippen molar-refractivity contribution in [1.29, 1.82) is 0 Å². The van der Waals surface area contributed by atoms with Crippen LogP contribution in [0.5, 0.6) is 0 Å². The van der Waals surface area contributed by atoms with Crippen molar-refractivity contribution in [2.75, 3.05) is 0 Å². The number of rotatable bonds is 3. The van der Waals surface area contributed by atoms with Crippen molar-refractivity contribution in [3.8, 4) is 0 Å². The van der Waals surface area contributed by atoms with E-state index in [9.17, 15) is 4.79 Å². The Morgan fingerprint density at radius 2 is 2.50 bits per heavy atom. The van der Waals surface area contributed by atoms with E-state index in [4.69, 9.17) is 10.3 Å². The van der Waals surface area contributed by atoms with Crippen LogP contribution in [-0.4, -0.2) is 22.1 Å². The molecule has 0 bridgehead atoms. The maximum absolute atomic E-state index is 11.3. The van der Waals surface area contributed by atoms with Crippen LogP contribution in [0.2, 0.25) is 0 Å². The van der Waals surface area contributed by atoms with E-state index in [0.29, 0.717) is 11.7 Å². The average Bonchev–Trinajstić information content (AvgIpc) is 2.72. The average molecular weight is 196 g/mol. The number of amides is 1. The number of hydrogen-bond acceptors (Lipinski definition) is 5. The minimum atomic E-state index is -0.0339. The molecule has 6 heteroatoms. The molecule has 1 heterocycles. The lowest BCUT2D eigenvalue weighted by Crippen LogP contribution is -2.27. The van der Waals surface area contributed by atoms with Gasteiger partial charge in [0.05, 0.1) is 12.5 Å². The molecule has 2 unspecified atom stereocenters. The molecule has 1 aromatic rings. The Bertz CT molecular complexity index is 349. The van der Waals surface area contributed by atoms with Crippen molar-refractivity contribution in [3.05, 3.63) is 11.7 Å². The number of nitrogens with one attached hydrogen (secondary N) is 1. The zero-order valence-electron chi connectivity index (χ0n) is 7.86. The van der Waals surface area contributed by atoms with Gasteiger partial charge in [-0.15, -0.1) is 0 Å². The molecule has 1 fully saturated rings. The molecule has 1 amide bonds. The van der Waals surface area contributed by atoms with Crippen LogP contribution in [0.15, 0.2) is 4.52 Å². The Morgan fingerprint density at radius 3 is 3.00 bits per heavy atom. The van der Waals surface area contributed by atoms with Gasteiger partial charge in [0.1, 0.15) is 0 Å². The van der Waals surface area contributed by atoms with Crippen LogP contribution < -0.4 is 11.1 Å². The Hall–Kier alpha value is -1.43. The SMILES string of the molecule is Cc1noc(CNC(=O)C2CC2N)n1. The van der Waals surface area contributed by atoms with E-state index in [1.54, 1.807) is 6.92 Å². The standard InChI is InChI=1S/C8H12N4O2/c1-4-11-7(14-12-4)3-10-8(13)5-2-6(5)9/h5-6H,2-3,9H2,1H3,(H,10,13). The maximum Gasteiger partial charge on any atom is 0.246 e. The second-order valence-electron chi connectivity index (χ2n) is 3.46. The van der Waals surface area contributed by atoms with Crippen molar-refractivity contribution in [3.63, 3.8) is 0 Å². The highest BCUT2D eigenvalue weighted by Gasteiger charge is 2.39. The predicted molar refractivity (Wildman–Crippen MR) is 47.0 cm³/mol. The monoisotopic (exact) mass is 196 g/mol. The number of hydrogen-bond donors (Lipinski definition) is 2. The van der Waals surface area contributed by atoms with E-state index in [2.05, 4.69) is 15.5 Å². The molecule has 14 heavy (non-hydrogen) atoms. The molecule has 3 N–H and O–H groups in total. The predicted octanol–water partition coefficient (Wildman–Crippen LogP) is -0.659. The molecule has 76 valence electrons. The van der Waals surface area contributed by atoms with Crippen LogP contribution in [-0.2, 0) is 11.3 Å². The normalized spacial score (nSPS) is 24.7. The fourth-order valence-electron chi connectivity index (χ4n) is 1.22. The summed E-state index contributed by atoms with van der Waals surface area (Å²) in [6, 6.07) is 0.0272. The summed E-state index contributed by atoms with van der Waals surface area (Å²) in [6.07, 6.45) is 0.773. The highest BCUT2D eigenvalue weighted by atomic mass is 16.5. The van der Waals surface area contributed by atoms with E-state index in [0.717, 1.165) is 6.42 Å². The minimum Gasteiger partial charge on any atom is -0.347 e. The van der Waals surface area contributed by atoms with Gasteiger partial charge >= 0.3 is 0 Å². The lowest BCUT2D eigenvalue weighted by molar-refractivity contribution is -0.122. The molecule has 1 aromatic heterocycles. The van der Waals surface area contributed by atoms with Gasteiger partial charge in [-0.1, -0.05) is 5.16 Å². The third-order valence-corrected chi connectivity index (χ3v) is 2.16. The number of aromatic nitrogens is 2. The van der Waals surface area contributed by atoms with Crippen molar-refractivity contribution in [1.82, 2.24) is 15.5 Å². The number of nitrogens with two attached hydrogens (primary N) is 1. The summed E-state index contributed by atoms with van der Waals surface area (Å²) in [4.78, 5) is 15.3. The quantitative estimate of drug-likeness (QED) is 0.669. The Kier molecular flexibility index (Phi) is 2.20. The van der Waals surface area contributed by atoms with Gasteiger partial charge in [-0.25, -0.2) is 0 Å². The Labute approximate surface area is 80.9 Å². The van der Waals surface area contributed by atoms with E-state index in [1.165, 1.54) is 0 Å². The van der Waals surface area contributed by atoms with Crippen molar-refractivity contribution in [2.45, 2.75) is 25.9 Å². The highest BCUT2D eigenvalue weighted by molar-refractivity contribution is 5.82. The van der Waals surface area contributed by atoms with Crippen LogP contribution in [0.3, 0.4) is 0 Å². The topological polar surface area (TPSA) is 94.0 Å². The second-order valence-corrected chi connectivity index (χ2v) is 3.46. The third kappa shape index (κ3) is 1.90. The van der Waals surface area contributed by atoms with Crippen LogP contribution in [0.4, 0.5) is 0 Å². The lowest BCUT2D eigenvalue weighted by atomic mass is 10.4. The molecular formula is C8H12N4O2. The molecule has 2 rings (SSSR count). The molecule has 0 spiro atoms. The van der Waals surface area contributed by atoms with Gasteiger partial charge in [0.2, 0.25) is 11.8 Å². The largest absolute Gasteiger partial charge is 0.347 e. The lowest BCUT2D eigenvalue weighted by Gasteiger charge is -1.99. The van der Waals surface area contributed by atoms with E-state index in [1.807, 2.05) is 0 Å². The summed E-state index contributed by atoms with van der Waals surface area (Å²) in [7, 11) is 0. The molecule has 0 aromatic carbocycles. The summed E-state index contributed by atoms with van der Waals surface area (Å²) in [5, 5.41) is 6.30. The first-order valence-corrected chi connectivity index (χ1v) is 4.49. The Balaban J connectivity index is 1.80. The Morgan fingerprint density at radius 1 is 1.79 bits per heavy atom. The summed E-state index contributed by atoms with van der Waals surface area (Å²) < 4.78 is 4.83. The van der Waals surface area contributed by atoms with Gasteiger partial charge in [0.25, 0.3) is 0 Å². The van der Waals surface area contributed by atoms with Crippen LogP contribution >= 0.6 is 0 Å². The highest BCUT2D eigenvalue weighted by Crippen LogP contribution is 2.27. The van der Waals surface area contributed by atoms with Crippen molar-refractivity contribution in [2.24, 2.45) is 11.7 Å². The first kappa shape index (κ1) is 9.14. The van der Waals surface area contributed by atoms with Gasteiger partial charge in [0, 0.05) is 6.04 Å². The van der Waals surface area contributed by atoms with E-state index >= 15 is 0 Å². The molecular weight excluding hydrogens is 184 g/mol. The minimum absolute atomic E-state index is 0.0272. The van der Waals surface area contributed by atoms with Gasteiger partial charge in [0.15, 0.2) is 5.82 Å². The van der Waals surface area contributed by atoms with Crippen LogP contribution in [0.1, 0.15) is 18.1 Å². The number of nitrogens with zero attached hydrogens (tertiary/aromatic N) is 2. The zero-order chi connectivity index (χ0) is 10.1. The second kappa shape index (κ2) is 3.38. The number of carbonyl (C=O) groups is 1. The van der Waals surface area contributed by atoms with Gasteiger partial charge in [-0.05, 0) is 13.3 Å². The van der Waals surface area contributed by atoms with Gasteiger partial charge in [-0.2, -0.15) is 4.98 Å². The van der Waals surface area contributed by atoms with Crippen LogP contribution in [0.25, 0.3) is 0 Å². The molecule has 2 atom stereocenters. The van der Waals surface area contributed by atoms with Crippen molar-refractivity contribution >= 4 is 5.91 Å². The van der Waals surface area contributed by atoms with Gasteiger partial charge < -0.3 is 15.6 Å². The number of carbonyl (C=O) groups excluding carboxylic acids is 1. The first-order valence-electron chi connectivity index (χ1n) is 4.49. The van der Waals surface area contributed by atoms with Crippen molar-refractivity contribution < 1.29 is 9.32 Å². The van der Waals surface area contributed by atoms with Crippen LogP contribution in [0, 0.1) is 12.8 Å². The molecule has 0 saturated heterocycles.